The van der Waals surface area contributed by atoms with Crippen LogP contribution >= 0.6 is 23.1 Å². The number of nitrogens with two attached hydrogens (primary N) is 1. The van der Waals surface area contributed by atoms with E-state index in [0.29, 0.717) is 16.8 Å². The molecule has 19 heteroatoms. The van der Waals surface area contributed by atoms with Crippen molar-refractivity contribution in [2.45, 2.75) is 18.3 Å². The number of nitrogens with zero attached hydrogens (tertiary/aromatic N) is 7. The number of aromatic nitrogens is 1. The number of nitriles is 1. The number of hydrogen-bond acceptors (Lipinski definition) is 15. The molecule has 1 aromatic rings. The number of oxime groups is 1. The molecule has 16 nitrogen and oxygen atoms in total. The van der Waals surface area contributed by atoms with Crippen LogP contribution in [0.4, 0.5) is 5.13 Å². The summed E-state index contributed by atoms with van der Waals surface area (Å²) < 4.78 is 0. The van der Waals surface area contributed by atoms with E-state index in [1.54, 1.807) is 36.4 Å². The smallest absolute Gasteiger partial charge is 0.543 e. The van der Waals surface area contributed by atoms with Gasteiger partial charge in [0.2, 0.25) is 0 Å². The number of nitrogens with one attached hydrogen (secondary N) is 2. The van der Waals surface area contributed by atoms with Gasteiger partial charge < -0.3 is 30.7 Å². The molecule has 0 unspecified atom stereocenters. The zero-order chi connectivity index (χ0) is 30.7. The Kier molecular flexibility index (Phi) is 10.4. The standard InChI is InChI=1S/C25H22N10O6S2.Na/c1-2-41-33-17(16-10-43-25(27)29-16)21(37)30-18-22(38)35-19(24(39)40)13(9-42-23(18)35)8-34-5-3-12(4-6-34)14-7-15(32-31-14)20(36)28-11-26;/h3-7,10,18,23H,2,8-9H2,1H3,(H2,27,29)(H,28,36)(H,30,37)(H,39,40);/q;+1/p-1/b33-17-;/t18-,23-;/m1./s1. The second-order valence-corrected chi connectivity index (χ2v) is 11.0. The number of allylic oxidation sites excluding steroid dienone is 4. The third kappa shape index (κ3) is 6.61. The number of carbonyl (C=O) groups is 4. The van der Waals surface area contributed by atoms with Gasteiger partial charge in [0.1, 0.15) is 23.7 Å². The predicted octanol–water partition coefficient (Wildman–Crippen LogP) is -3.58. The molecule has 5 heterocycles. The molecule has 1 aromatic heterocycles. The van der Waals surface area contributed by atoms with E-state index in [1.807, 2.05) is 5.32 Å². The van der Waals surface area contributed by atoms with Crippen LogP contribution in [0, 0.1) is 11.5 Å². The zero-order valence-corrected chi connectivity index (χ0v) is 26.8. The first-order valence-electron chi connectivity index (χ1n) is 12.5. The van der Waals surface area contributed by atoms with Crippen LogP contribution < -0.4 is 51.0 Å². The molecular weight excluding hydrogens is 623 g/mol. The average Bonchev–Trinajstić information content (AvgIpc) is 3.66. The minimum Gasteiger partial charge on any atom is -0.543 e. The first-order valence-corrected chi connectivity index (χ1v) is 14.4. The number of thioether (sulfide) groups is 1. The van der Waals surface area contributed by atoms with Gasteiger partial charge >= 0.3 is 29.6 Å². The van der Waals surface area contributed by atoms with Crippen molar-refractivity contribution in [3.8, 4) is 6.19 Å². The van der Waals surface area contributed by atoms with E-state index in [4.69, 9.17) is 15.8 Å². The van der Waals surface area contributed by atoms with Gasteiger partial charge in [-0.25, -0.2) is 4.98 Å². The monoisotopic (exact) mass is 644 g/mol. The van der Waals surface area contributed by atoms with Crippen LogP contribution in [-0.4, -0.2) is 74.5 Å². The summed E-state index contributed by atoms with van der Waals surface area (Å²) in [5, 5.41) is 38.0. The van der Waals surface area contributed by atoms with Crippen molar-refractivity contribution in [2.75, 3.05) is 24.6 Å². The Morgan fingerprint density at radius 1 is 1.30 bits per heavy atom. The number of nitrogen functional groups attached to an aromatic ring is 1. The number of aliphatic carboxylic acids is 1. The largest absolute Gasteiger partial charge is 1.00 e. The van der Waals surface area contributed by atoms with E-state index in [0.717, 1.165) is 16.2 Å². The van der Waals surface area contributed by atoms with Gasteiger partial charge in [-0.05, 0) is 30.7 Å². The number of azo groups is 1. The number of hydrogen-bond donors (Lipinski definition) is 3. The maximum Gasteiger partial charge on any atom is 1.00 e. The Balaban J connectivity index is 0.00000442. The Hall–Kier alpha value is -4.28. The minimum absolute atomic E-state index is 0. The molecule has 2 atom stereocenters. The summed E-state index contributed by atoms with van der Waals surface area (Å²) in [6, 6.07) is -1.01. The first-order chi connectivity index (χ1) is 20.7. The molecule has 0 aromatic carbocycles. The molecule has 44 heavy (non-hydrogen) atoms. The Morgan fingerprint density at radius 2 is 2.05 bits per heavy atom. The fourth-order valence-electron chi connectivity index (χ4n) is 4.35. The molecule has 1 saturated heterocycles. The van der Waals surface area contributed by atoms with Gasteiger partial charge in [0.15, 0.2) is 22.7 Å². The molecule has 0 bridgehead atoms. The first kappa shape index (κ1) is 32.6. The number of carboxylic acids is 1. The molecule has 4 N–H and O–H groups in total. The van der Waals surface area contributed by atoms with E-state index in [1.165, 1.54) is 29.4 Å². The van der Waals surface area contributed by atoms with Crippen molar-refractivity contribution in [1.82, 2.24) is 25.4 Å². The topological polar surface area (TPSA) is 231 Å². The fourth-order valence-corrected chi connectivity index (χ4v) is 6.23. The number of carboxylic acid groups (broad SMARTS) is 1. The number of carbonyl (C=O) groups excluding carboxylic acids is 4. The van der Waals surface area contributed by atoms with E-state index in [2.05, 4.69) is 25.7 Å². The summed E-state index contributed by atoms with van der Waals surface area (Å²) in [7, 11) is 0. The van der Waals surface area contributed by atoms with Gasteiger partial charge in [0.05, 0.1) is 17.4 Å². The number of fused-ring (bicyclic) bond motifs is 1. The third-order valence-electron chi connectivity index (χ3n) is 6.29. The summed E-state index contributed by atoms with van der Waals surface area (Å²) in [6.45, 7) is 2.02. The number of rotatable bonds is 9. The average molecular weight is 645 g/mol. The van der Waals surface area contributed by atoms with Gasteiger partial charge in [-0.1, -0.05) is 5.16 Å². The summed E-state index contributed by atoms with van der Waals surface area (Å²) in [6.07, 6.45) is 9.73. The molecule has 0 saturated carbocycles. The van der Waals surface area contributed by atoms with Crippen LogP contribution in [0.2, 0.25) is 0 Å². The van der Waals surface area contributed by atoms with Crippen molar-refractivity contribution < 1.29 is 58.7 Å². The number of β-lactam (4-membered cyclic amide) rings is 1. The zero-order valence-electron chi connectivity index (χ0n) is 23.2. The van der Waals surface area contributed by atoms with Crippen molar-refractivity contribution in [1.29, 1.82) is 5.26 Å². The molecule has 0 spiro atoms. The summed E-state index contributed by atoms with van der Waals surface area (Å²) in [4.78, 5) is 62.0. The van der Waals surface area contributed by atoms with Gasteiger partial charge in [-0.15, -0.1) is 33.3 Å². The van der Waals surface area contributed by atoms with Crippen molar-refractivity contribution in [3.63, 3.8) is 0 Å². The molecule has 3 amide bonds. The van der Waals surface area contributed by atoms with E-state index < -0.39 is 35.1 Å². The molecule has 4 aliphatic heterocycles. The van der Waals surface area contributed by atoms with E-state index in [9.17, 15) is 24.3 Å². The second kappa shape index (κ2) is 14.0. The fraction of sp³-hybridized carbons (Fsp3) is 0.240. The van der Waals surface area contributed by atoms with Crippen LogP contribution in [0.1, 0.15) is 12.6 Å². The Morgan fingerprint density at radius 3 is 2.68 bits per heavy atom. The molecule has 1 fully saturated rings. The maximum absolute atomic E-state index is 13.1. The van der Waals surface area contributed by atoms with E-state index in [-0.39, 0.29) is 76.4 Å². The number of amides is 3. The van der Waals surface area contributed by atoms with Crippen molar-refractivity contribution >= 4 is 57.6 Å². The molecule has 0 aliphatic carbocycles. The predicted molar refractivity (Wildman–Crippen MR) is 150 cm³/mol. The third-order valence-corrected chi connectivity index (χ3v) is 8.31. The van der Waals surface area contributed by atoms with Crippen LogP contribution in [0.3, 0.4) is 0 Å². The molecule has 0 radical (unpaired) electrons. The minimum atomic E-state index is -1.51. The van der Waals surface area contributed by atoms with Crippen LogP contribution in [0.5, 0.6) is 0 Å². The number of anilines is 1. The maximum atomic E-state index is 13.1. The van der Waals surface area contributed by atoms with Crippen LogP contribution in [-0.2, 0) is 24.0 Å². The van der Waals surface area contributed by atoms with Gasteiger partial charge in [-0.2, -0.15) is 5.26 Å². The molecular formula is C25H21N10NaO6S2. The SMILES string of the molecule is CCO/N=C(\C(=O)N[C@@H]1C(=O)N2C(C(=O)[O-])=C(CN3C=CC(=C4C=C(C(=O)NC#N)N=N4)C=C3)CS[C@H]12)c1csc(N)n1.[Na+]. The Bertz CT molecular complexity index is 1650. The summed E-state index contributed by atoms with van der Waals surface area (Å²) >= 11 is 2.41. The Labute approximate surface area is 280 Å². The normalized spacial score (nSPS) is 20.4. The van der Waals surface area contributed by atoms with Crippen LogP contribution in [0.15, 0.2) is 79.6 Å². The van der Waals surface area contributed by atoms with Crippen molar-refractivity contribution in [3.05, 3.63) is 69.9 Å². The number of thiazole rings is 1. The second-order valence-electron chi connectivity index (χ2n) is 8.97. The van der Waals surface area contributed by atoms with Gasteiger partial charge in [0, 0.05) is 35.7 Å². The quantitative estimate of drug-likeness (QED) is 0.0594. The summed E-state index contributed by atoms with van der Waals surface area (Å²) in [5.74, 6) is -3.25. The molecule has 4 aliphatic rings. The van der Waals surface area contributed by atoms with Gasteiger partial charge in [0.25, 0.3) is 17.7 Å². The molecule has 220 valence electrons. The summed E-state index contributed by atoms with van der Waals surface area (Å²) in [5.41, 5.74) is 6.93. The van der Waals surface area contributed by atoms with E-state index >= 15 is 0 Å². The molecule has 5 rings (SSSR count). The van der Waals surface area contributed by atoms with Crippen LogP contribution in [0.25, 0.3) is 0 Å². The van der Waals surface area contributed by atoms with Crippen molar-refractivity contribution in [2.24, 2.45) is 15.4 Å². The van der Waals surface area contributed by atoms with Gasteiger partial charge in [-0.3, -0.25) is 24.6 Å².